The Morgan fingerprint density at radius 3 is 2.53 bits per heavy atom. The Kier molecular flexibility index (Phi) is 9.87. The van der Waals surface area contributed by atoms with Crippen molar-refractivity contribution in [2.24, 2.45) is 10.9 Å². The lowest BCUT2D eigenvalue weighted by Crippen LogP contribution is -2.31. The molecule has 280 valence electrons. The third kappa shape index (κ3) is 7.07. The number of furan rings is 1. The van der Waals surface area contributed by atoms with Crippen molar-refractivity contribution in [1.82, 2.24) is 29.3 Å². The molecule has 0 spiro atoms. The number of pyridine rings is 2. The van der Waals surface area contributed by atoms with Gasteiger partial charge in [0.15, 0.2) is 11.4 Å². The predicted octanol–water partition coefficient (Wildman–Crippen LogP) is 5.64. The number of nitrogens with one attached hydrogen (secondary N) is 1. The van der Waals surface area contributed by atoms with Crippen molar-refractivity contribution < 1.29 is 19.4 Å². The number of aliphatic carboxylic acids is 1. The molecular formula is C42H43N9O4. The number of benzene rings is 2. The van der Waals surface area contributed by atoms with Crippen LogP contribution in [0.1, 0.15) is 35.1 Å². The van der Waals surface area contributed by atoms with E-state index < -0.39 is 5.97 Å². The number of nitriles is 1. The molecule has 0 saturated carbocycles. The second-order valence-corrected chi connectivity index (χ2v) is 14.6. The zero-order chi connectivity index (χ0) is 38.2. The second-order valence-electron chi connectivity index (χ2n) is 14.6. The van der Waals surface area contributed by atoms with Gasteiger partial charge in [-0.05, 0) is 79.3 Å². The summed E-state index contributed by atoms with van der Waals surface area (Å²) in [7, 11) is 1.73. The maximum absolute atomic E-state index is 11.5. The Labute approximate surface area is 318 Å². The molecule has 8 rings (SSSR count). The van der Waals surface area contributed by atoms with Gasteiger partial charge in [0.1, 0.15) is 34.7 Å². The number of carbonyl (C=O) groups is 1. The zero-order valence-electron chi connectivity index (χ0n) is 31.2. The van der Waals surface area contributed by atoms with Gasteiger partial charge in [0, 0.05) is 70.0 Å². The number of β-amino-alcohol motifs (C(OH)–C–C–N with tert-alkyl or cyclic N) is 1. The minimum atomic E-state index is -0.753. The molecule has 2 fully saturated rings. The van der Waals surface area contributed by atoms with Gasteiger partial charge < -0.3 is 29.4 Å². The highest BCUT2D eigenvalue weighted by molar-refractivity contribution is 5.90. The second kappa shape index (κ2) is 15.1. The van der Waals surface area contributed by atoms with E-state index in [0.717, 1.165) is 69.5 Å². The first-order valence-corrected chi connectivity index (χ1v) is 18.6. The van der Waals surface area contributed by atoms with E-state index in [-0.39, 0.29) is 12.0 Å². The summed E-state index contributed by atoms with van der Waals surface area (Å²) < 4.78 is 8.44. The van der Waals surface area contributed by atoms with Crippen LogP contribution < -0.4 is 10.8 Å². The van der Waals surface area contributed by atoms with Gasteiger partial charge in [0.2, 0.25) is 0 Å². The normalized spacial score (nSPS) is 18.1. The van der Waals surface area contributed by atoms with E-state index in [0.29, 0.717) is 72.9 Å². The first-order valence-electron chi connectivity index (χ1n) is 18.6. The highest BCUT2D eigenvalue weighted by Gasteiger charge is 2.28. The molecule has 2 saturated heterocycles. The maximum Gasteiger partial charge on any atom is 0.307 e. The van der Waals surface area contributed by atoms with Crippen molar-refractivity contribution in [1.29, 1.82) is 5.26 Å². The third-order valence-electron chi connectivity index (χ3n) is 11.0. The van der Waals surface area contributed by atoms with Crippen LogP contribution in [0.3, 0.4) is 0 Å². The van der Waals surface area contributed by atoms with Crippen LogP contribution in [0.5, 0.6) is 0 Å². The van der Waals surface area contributed by atoms with E-state index in [4.69, 9.17) is 9.40 Å². The molecule has 6 aromatic rings. The fourth-order valence-corrected chi connectivity index (χ4v) is 8.07. The van der Waals surface area contributed by atoms with Gasteiger partial charge in [-0.15, -0.1) is 0 Å². The molecule has 55 heavy (non-hydrogen) atoms. The van der Waals surface area contributed by atoms with Gasteiger partial charge in [-0.1, -0.05) is 30.3 Å². The van der Waals surface area contributed by atoms with Crippen LogP contribution in [0.15, 0.2) is 76.7 Å². The minimum Gasteiger partial charge on any atom is -0.481 e. The van der Waals surface area contributed by atoms with Crippen molar-refractivity contribution in [3.8, 4) is 28.5 Å². The van der Waals surface area contributed by atoms with Crippen molar-refractivity contribution in [2.75, 3.05) is 45.1 Å². The van der Waals surface area contributed by atoms with E-state index in [1.165, 1.54) is 0 Å². The molecule has 13 nitrogen and oxygen atoms in total. The van der Waals surface area contributed by atoms with E-state index in [1.807, 2.05) is 47.2 Å². The average molecular weight is 738 g/mol. The van der Waals surface area contributed by atoms with Gasteiger partial charge in [-0.25, -0.2) is 9.97 Å². The summed E-state index contributed by atoms with van der Waals surface area (Å²) in [5.74, 6) is 0.163. The summed E-state index contributed by atoms with van der Waals surface area (Å²) in [6, 6.07) is 18.6. The van der Waals surface area contributed by atoms with Crippen molar-refractivity contribution >= 4 is 39.5 Å². The van der Waals surface area contributed by atoms with Crippen LogP contribution in [-0.4, -0.2) is 91.4 Å². The standard InChI is InChI=1S/C42H43N9O4/c1-25-31(32-7-5-9-35(26(32)2)48-40-38-36(46-24-47-40)16-27(19-45-38)20-50-13-11-30(52)23-50)6-4-8-33(25)37-17-34-39(55-37)29(18-43)22-51(41(34)44-3)15-14-49-12-10-28(21-49)42(53)54/h4-9,16-17,19,22,24,28,30,52H,10-15,20-21,23H2,1-3H3,(H,53,54)(H,46,47,48)/t28-,30+/m0/s1. The number of carboxylic acids is 1. The van der Waals surface area contributed by atoms with E-state index in [9.17, 15) is 20.3 Å². The summed E-state index contributed by atoms with van der Waals surface area (Å²) in [6.45, 7) is 8.89. The van der Waals surface area contributed by atoms with Crippen LogP contribution in [0.4, 0.5) is 11.5 Å². The minimum absolute atomic E-state index is 0.271. The fourth-order valence-electron chi connectivity index (χ4n) is 8.07. The number of rotatable bonds is 10. The SMILES string of the molecule is CN=c1c2cc(-c3cccc(-c4cccc(Nc5ncnc6cc(CN7CC[C@@H](O)C7)cnc56)c4C)c3C)oc2c(C#N)cn1CCN1CC[C@H](C(=O)O)C1. The molecule has 2 aliphatic rings. The fraction of sp³-hybridized carbons (Fsp3) is 0.333. The van der Waals surface area contributed by atoms with Crippen LogP contribution in [0.25, 0.3) is 44.5 Å². The highest BCUT2D eigenvalue weighted by Crippen LogP contribution is 2.38. The maximum atomic E-state index is 11.5. The van der Waals surface area contributed by atoms with E-state index in [2.05, 4.69) is 62.1 Å². The molecule has 2 aliphatic heterocycles. The quantitative estimate of drug-likeness (QED) is 0.159. The lowest BCUT2D eigenvalue weighted by atomic mass is 9.92. The highest BCUT2D eigenvalue weighted by atomic mass is 16.4. The van der Waals surface area contributed by atoms with Crippen molar-refractivity contribution in [2.45, 2.75) is 45.9 Å². The van der Waals surface area contributed by atoms with Crippen molar-refractivity contribution in [3.05, 3.63) is 95.0 Å². The van der Waals surface area contributed by atoms with Gasteiger partial charge >= 0.3 is 5.97 Å². The molecule has 2 aromatic carbocycles. The Bertz CT molecular complexity index is 2550. The molecule has 13 heteroatoms. The number of likely N-dealkylation sites (tertiary alicyclic amines) is 2. The van der Waals surface area contributed by atoms with E-state index >= 15 is 0 Å². The third-order valence-corrected chi connectivity index (χ3v) is 11.0. The number of fused-ring (bicyclic) bond motifs is 2. The number of hydrogen-bond donors (Lipinski definition) is 3. The smallest absolute Gasteiger partial charge is 0.307 e. The average Bonchev–Trinajstić information content (AvgIpc) is 3.95. The molecule has 0 radical (unpaired) electrons. The first kappa shape index (κ1) is 36.1. The van der Waals surface area contributed by atoms with Crippen LogP contribution >= 0.6 is 0 Å². The number of aliphatic hydroxyl groups excluding tert-OH is 1. The van der Waals surface area contributed by atoms with Crippen LogP contribution in [0, 0.1) is 31.1 Å². The van der Waals surface area contributed by atoms with Crippen LogP contribution in [-0.2, 0) is 17.9 Å². The summed E-state index contributed by atoms with van der Waals surface area (Å²) in [5.41, 5.74) is 10.0. The number of hydrogen-bond acceptors (Lipinski definition) is 11. The Balaban J connectivity index is 1.08. The Morgan fingerprint density at radius 1 is 1.00 bits per heavy atom. The van der Waals surface area contributed by atoms with Gasteiger partial charge in [-0.3, -0.25) is 19.7 Å². The topological polar surface area (TPSA) is 169 Å². The Hall–Kier alpha value is -5.94. The number of carboxylic acid groups (broad SMARTS) is 1. The molecule has 6 heterocycles. The molecule has 0 bridgehead atoms. The summed E-state index contributed by atoms with van der Waals surface area (Å²) in [6.07, 6.45) is 6.36. The van der Waals surface area contributed by atoms with Crippen LogP contribution in [0.2, 0.25) is 0 Å². The number of anilines is 2. The molecule has 4 aromatic heterocycles. The number of nitrogens with zero attached hydrogens (tertiary/aromatic N) is 8. The zero-order valence-corrected chi connectivity index (χ0v) is 31.2. The first-order chi connectivity index (χ1) is 26.7. The lowest BCUT2D eigenvalue weighted by Gasteiger charge is -2.17. The molecule has 0 amide bonds. The molecule has 0 aliphatic carbocycles. The largest absolute Gasteiger partial charge is 0.481 e. The predicted molar refractivity (Wildman–Crippen MR) is 209 cm³/mol. The summed E-state index contributed by atoms with van der Waals surface area (Å²) in [5, 5.41) is 33.8. The number of aromatic nitrogens is 4. The van der Waals surface area contributed by atoms with Gasteiger partial charge in [-0.2, -0.15) is 5.26 Å². The number of aliphatic hydroxyl groups is 1. The lowest BCUT2D eigenvalue weighted by molar-refractivity contribution is -0.141. The van der Waals surface area contributed by atoms with E-state index in [1.54, 1.807) is 19.6 Å². The summed E-state index contributed by atoms with van der Waals surface area (Å²) >= 11 is 0. The monoisotopic (exact) mass is 737 g/mol. The molecule has 2 atom stereocenters. The van der Waals surface area contributed by atoms with Gasteiger partial charge in [0.25, 0.3) is 0 Å². The Morgan fingerprint density at radius 2 is 1.78 bits per heavy atom. The summed E-state index contributed by atoms with van der Waals surface area (Å²) in [4.78, 5) is 34.3. The molecule has 3 N–H and O–H groups in total. The molecular weight excluding hydrogens is 695 g/mol. The van der Waals surface area contributed by atoms with Crippen molar-refractivity contribution in [3.63, 3.8) is 0 Å². The van der Waals surface area contributed by atoms with Gasteiger partial charge in [0.05, 0.1) is 22.9 Å². The molecule has 0 unspecified atom stereocenters.